The van der Waals surface area contributed by atoms with Crippen molar-refractivity contribution in [2.75, 3.05) is 7.11 Å². The third kappa shape index (κ3) is 6.07. The van der Waals surface area contributed by atoms with E-state index in [2.05, 4.69) is 9.97 Å². The molecule has 2 aromatic carbocycles. The monoisotopic (exact) mass is 566 g/mol. The van der Waals surface area contributed by atoms with Crippen molar-refractivity contribution < 1.29 is 23.0 Å². The average Bonchev–Trinajstić information content (AvgIpc) is 3.82. The van der Waals surface area contributed by atoms with Crippen LogP contribution in [0.4, 0.5) is 0 Å². The Labute approximate surface area is 240 Å². The molecule has 10 heteroatoms. The molecule has 4 heterocycles. The van der Waals surface area contributed by atoms with Crippen LogP contribution in [0.5, 0.6) is 17.4 Å². The Hall–Kier alpha value is -5.09. The van der Waals surface area contributed by atoms with Gasteiger partial charge in [-0.3, -0.25) is 0 Å². The molecule has 0 amide bonds. The maximum absolute atomic E-state index is 6.19. The van der Waals surface area contributed by atoms with Gasteiger partial charge in [-0.1, -0.05) is 24.3 Å². The Balaban J connectivity index is 1.16. The molecule has 4 aromatic heterocycles. The molecule has 0 radical (unpaired) electrons. The van der Waals surface area contributed by atoms with Crippen molar-refractivity contribution in [2.45, 2.75) is 20.1 Å². The first-order valence-corrected chi connectivity index (χ1v) is 13.7. The van der Waals surface area contributed by atoms with Gasteiger partial charge in [0, 0.05) is 11.6 Å². The summed E-state index contributed by atoms with van der Waals surface area (Å²) in [5, 5.41) is 6.68. The number of aryl methyl sites for hydroxylation is 1. The Morgan fingerprint density at radius 2 is 1.88 bits per heavy atom. The van der Waals surface area contributed by atoms with Crippen molar-refractivity contribution in [1.82, 2.24) is 19.7 Å². The fourth-order valence-electron chi connectivity index (χ4n) is 4.08. The second-order valence-electron chi connectivity index (χ2n) is 8.98. The average molecular weight is 567 g/mol. The van der Waals surface area contributed by atoms with E-state index in [1.807, 2.05) is 79.2 Å². The van der Waals surface area contributed by atoms with Gasteiger partial charge in [-0.05, 0) is 61.0 Å². The lowest BCUT2D eigenvalue weighted by Crippen LogP contribution is -2.02. The van der Waals surface area contributed by atoms with Gasteiger partial charge in [-0.25, -0.2) is 14.6 Å². The van der Waals surface area contributed by atoms with E-state index >= 15 is 0 Å². The van der Waals surface area contributed by atoms with Crippen molar-refractivity contribution in [3.8, 4) is 34.7 Å². The highest BCUT2D eigenvalue weighted by molar-refractivity contribution is 7.07. The van der Waals surface area contributed by atoms with E-state index in [-0.39, 0.29) is 13.2 Å². The van der Waals surface area contributed by atoms with Gasteiger partial charge < -0.3 is 23.0 Å². The van der Waals surface area contributed by atoms with Crippen LogP contribution in [0.15, 0.2) is 92.8 Å². The Kier molecular flexibility index (Phi) is 7.63. The quantitative estimate of drug-likeness (QED) is 0.162. The van der Waals surface area contributed by atoms with Gasteiger partial charge >= 0.3 is 0 Å². The van der Waals surface area contributed by atoms with Gasteiger partial charge in [0.2, 0.25) is 5.88 Å². The zero-order valence-electron chi connectivity index (χ0n) is 22.4. The van der Waals surface area contributed by atoms with Crippen LogP contribution in [-0.4, -0.2) is 26.9 Å². The molecule has 0 saturated heterocycles. The number of methoxy groups -OCH3 is 1. The van der Waals surface area contributed by atoms with Gasteiger partial charge in [0.15, 0.2) is 17.3 Å². The minimum Gasteiger partial charge on any atom is -0.493 e. The minimum absolute atomic E-state index is 0.216. The molecule has 0 aliphatic heterocycles. The van der Waals surface area contributed by atoms with E-state index < -0.39 is 0 Å². The van der Waals surface area contributed by atoms with Crippen LogP contribution in [0.1, 0.15) is 28.3 Å². The maximum Gasteiger partial charge on any atom is 0.263 e. The number of nitrogens with zero attached hydrogens (tertiary/aromatic N) is 4. The second-order valence-corrected chi connectivity index (χ2v) is 9.70. The van der Waals surface area contributed by atoms with E-state index in [9.17, 15) is 0 Å². The number of ether oxygens (including phenoxy) is 3. The number of aromatic nitrogens is 4. The van der Waals surface area contributed by atoms with Gasteiger partial charge in [0.1, 0.15) is 24.7 Å². The predicted octanol–water partition coefficient (Wildman–Crippen LogP) is 7.22. The van der Waals surface area contributed by atoms with Crippen molar-refractivity contribution in [2.24, 2.45) is 0 Å². The minimum atomic E-state index is 0.216. The first kappa shape index (κ1) is 26.1. The third-order valence-electron chi connectivity index (χ3n) is 6.21. The molecule has 0 saturated carbocycles. The van der Waals surface area contributed by atoms with Gasteiger partial charge in [0.05, 0.1) is 35.8 Å². The SMILES string of the molecule is COc1cc(COc2nn(-c3ccccc3)cc2/C=C\c2cscn2)ccc1OCc1nc(-c2ccco2)oc1C. The second kappa shape index (κ2) is 12.0. The number of para-hydroxylation sites is 1. The van der Waals surface area contributed by atoms with Crippen LogP contribution in [0.25, 0.3) is 29.5 Å². The summed E-state index contributed by atoms with van der Waals surface area (Å²) in [4.78, 5) is 8.83. The molecule has 6 aromatic rings. The molecule has 0 N–H and O–H groups in total. The molecule has 0 aliphatic carbocycles. The predicted molar refractivity (Wildman–Crippen MR) is 155 cm³/mol. The summed E-state index contributed by atoms with van der Waals surface area (Å²) in [6.45, 7) is 2.35. The van der Waals surface area contributed by atoms with Crippen LogP contribution < -0.4 is 14.2 Å². The number of hydrogen-bond donors (Lipinski definition) is 0. The van der Waals surface area contributed by atoms with Crippen molar-refractivity contribution >= 4 is 23.5 Å². The normalized spacial score (nSPS) is 11.3. The summed E-state index contributed by atoms with van der Waals surface area (Å²) >= 11 is 1.55. The summed E-state index contributed by atoms with van der Waals surface area (Å²) in [6, 6.07) is 19.2. The molecule has 0 bridgehead atoms. The maximum atomic E-state index is 6.19. The molecule has 0 atom stereocenters. The van der Waals surface area contributed by atoms with E-state index in [0.29, 0.717) is 40.5 Å². The topological polar surface area (TPSA) is 97.6 Å². The highest BCUT2D eigenvalue weighted by Gasteiger charge is 2.16. The molecule has 0 aliphatic rings. The Morgan fingerprint density at radius 1 is 0.976 bits per heavy atom. The number of hydrogen-bond acceptors (Lipinski definition) is 9. The number of rotatable bonds is 11. The summed E-state index contributed by atoms with van der Waals surface area (Å²) in [5.74, 6) is 3.32. The van der Waals surface area contributed by atoms with Gasteiger partial charge in [0.25, 0.3) is 5.89 Å². The van der Waals surface area contributed by atoms with Crippen LogP contribution in [0, 0.1) is 6.92 Å². The molecule has 0 fully saturated rings. The summed E-state index contributed by atoms with van der Waals surface area (Å²) in [6.07, 6.45) is 7.42. The van der Waals surface area contributed by atoms with Crippen LogP contribution >= 0.6 is 11.3 Å². The standard InChI is InChI=1S/C31H26N4O5S/c1-21-26(33-31(40-21)28-9-6-14-37-28)18-38-27-13-10-22(15-29(27)36-2)17-39-30-23(11-12-24-19-41-20-32-24)16-35(34-30)25-7-4-3-5-8-25/h3-16,19-20H,17-18H2,1-2H3/b12-11-. The molecule has 0 unspecified atom stereocenters. The Morgan fingerprint density at radius 3 is 2.66 bits per heavy atom. The molecular formula is C31H26N4O5S. The van der Waals surface area contributed by atoms with E-state index in [0.717, 1.165) is 22.5 Å². The largest absolute Gasteiger partial charge is 0.493 e. The summed E-state index contributed by atoms with van der Waals surface area (Å²) < 4.78 is 30.7. The number of benzene rings is 2. The number of oxazole rings is 1. The van der Waals surface area contributed by atoms with Crippen molar-refractivity contribution in [3.05, 3.63) is 112 Å². The number of thiazole rings is 1. The highest BCUT2D eigenvalue weighted by atomic mass is 32.1. The van der Waals surface area contributed by atoms with Crippen LogP contribution in [-0.2, 0) is 13.2 Å². The Bertz CT molecular complexity index is 1740. The lowest BCUT2D eigenvalue weighted by atomic mass is 10.2. The van der Waals surface area contributed by atoms with Crippen LogP contribution in [0.3, 0.4) is 0 Å². The summed E-state index contributed by atoms with van der Waals surface area (Å²) in [7, 11) is 1.60. The fourth-order valence-corrected chi connectivity index (χ4v) is 4.60. The molecule has 206 valence electrons. The van der Waals surface area contributed by atoms with Gasteiger partial charge in [-0.15, -0.1) is 16.4 Å². The van der Waals surface area contributed by atoms with Crippen molar-refractivity contribution in [1.29, 1.82) is 0 Å². The molecule has 41 heavy (non-hydrogen) atoms. The lowest BCUT2D eigenvalue weighted by Gasteiger charge is -2.12. The third-order valence-corrected chi connectivity index (χ3v) is 6.81. The molecule has 9 nitrogen and oxygen atoms in total. The highest BCUT2D eigenvalue weighted by Crippen LogP contribution is 2.31. The molecule has 0 spiro atoms. The number of furan rings is 1. The zero-order chi connectivity index (χ0) is 28.0. The van der Waals surface area contributed by atoms with E-state index in [4.69, 9.17) is 28.1 Å². The van der Waals surface area contributed by atoms with Crippen molar-refractivity contribution in [3.63, 3.8) is 0 Å². The summed E-state index contributed by atoms with van der Waals surface area (Å²) in [5.41, 5.74) is 6.04. The van der Waals surface area contributed by atoms with Crippen LogP contribution in [0.2, 0.25) is 0 Å². The zero-order valence-corrected chi connectivity index (χ0v) is 23.2. The smallest absolute Gasteiger partial charge is 0.263 e. The van der Waals surface area contributed by atoms with E-state index in [1.165, 1.54) is 0 Å². The first-order chi connectivity index (χ1) is 20.2. The first-order valence-electron chi connectivity index (χ1n) is 12.8. The molecule has 6 rings (SSSR count). The van der Waals surface area contributed by atoms with Gasteiger partial charge in [-0.2, -0.15) is 0 Å². The molecular weight excluding hydrogens is 540 g/mol. The van der Waals surface area contributed by atoms with E-state index in [1.54, 1.807) is 47.0 Å². The fraction of sp³-hybridized carbons (Fsp3) is 0.129. The lowest BCUT2D eigenvalue weighted by molar-refractivity contribution is 0.275.